The van der Waals surface area contributed by atoms with Crippen LogP contribution >= 0.6 is 11.6 Å². The number of amides is 1. The summed E-state index contributed by atoms with van der Waals surface area (Å²) in [5.41, 5.74) is 13.7. The van der Waals surface area contributed by atoms with Gasteiger partial charge in [0.25, 0.3) is 5.91 Å². The second-order valence-corrected chi connectivity index (χ2v) is 10.2. The first-order chi connectivity index (χ1) is 20.6. The number of carbonyl (C=O) groups excluding carboxylic acids is 1. The Morgan fingerprint density at radius 2 is 1.70 bits per heavy atom. The van der Waals surface area contributed by atoms with Gasteiger partial charge in [0.2, 0.25) is 5.95 Å². The molecule has 228 valence electrons. The zero-order valence-corrected chi connectivity index (χ0v) is 24.1. The van der Waals surface area contributed by atoms with E-state index in [1.165, 1.54) is 12.1 Å². The first-order valence-electron chi connectivity index (χ1n) is 13.8. The minimum atomic E-state index is -4.49. The van der Waals surface area contributed by atoms with E-state index < -0.39 is 17.6 Å². The number of nitrogens with zero attached hydrogens (tertiary/aromatic N) is 1. The van der Waals surface area contributed by atoms with Gasteiger partial charge in [0.1, 0.15) is 5.75 Å². The molecule has 6 N–H and O–H groups in total. The average Bonchev–Trinajstić information content (AvgIpc) is 3.38. The number of H-pyrrole nitrogens is 1. The number of nitrogens with two attached hydrogens (primary N) is 2. The van der Waals surface area contributed by atoms with Crippen LogP contribution in [0, 0.1) is 0 Å². The molecule has 0 unspecified atom stereocenters. The number of aryl methyl sites for hydroxylation is 1. The number of aromatic amines is 1. The Morgan fingerprint density at radius 1 is 0.977 bits per heavy atom. The highest BCUT2D eigenvalue weighted by atomic mass is 35.5. The van der Waals surface area contributed by atoms with Crippen molar-refractivity contribution in [2.24, 2.45) is 11.5 Å². The summed E-state index contributed by atoms with van der Waals surface area (Å²) in [5.74, 6) is 0.357. The summed E-state index contributed by atoms with van der Waals surface area (Å²) in [5, 5.41) is 3.23. The molecule has 0 aliphatic heterocycles. The molecule has 0 atom stereocenters. The summed E-state index contributed by atoms with van der Waals surface area (Å²) >= 11 is 6.05. The van der Waals surface area contributed by atoms with E-state index in [-0.39, 0.29) is 23.6 Å². The minimum Gasteiger partial charge on any atom is -0.494 e. The fourth-order valence-corrected chi connectivity index (χ4v) is 4.44. The van der Waals surface area contributed by atoms with E-state index in [9.17, 15) is 18.0 Å². The van der Waals surface area contributed by atoms with Crippen LogP contribution in [0.1, 0.15) is 36.0 Å². The molecule has 0 radical (unpaired) electrons. The molecule has 1 amide bonds. The standard InChI is InChI=1S/C31H33ClF3N5O3/c32-23-10-14-26-27(19-23)39-30(38-26)40-29(41)25(28(37)21-6-8-22(9-7-21)31(33,34)35)13-5-20-3-11-24(12-4-20)43-18-2-17-42-16-1-15-36/h3-4,6-12,14,19H,1-2,5,13,15-18,36-37H2,(H2,38,39,40,41)/b28-25-. The normalized spacial score (nSPS) is 12.3. The van der Waals surface area contributed by atoms with E-state index in [1.54, 1.807) is 18.2 Å². The first-order valence-corrected chi connectivity index (χ1v) is 14.1. The molecule has 4 aromatic rings. The lowest BCUT2D eigenvalue weighted by atomic mass is 9.98. The van der Waals surface area contributed by atoms with E-state index in [0.717, 1.165) is 30.5 Å². The summed E-state index contributed by atoms with van der Waals surface area (Å²) in [6.07, 6.45) is -2.26. The molecule has 12 heteroatoms. The quantitative estimate of drug-likeness (QED) is 0.0972. The zero-order chi connectivity index (χ0) is 30.8. The maximum absolute atomic E-state index is 13.5. The van der Waals surface area contributed by atoms with E-state index >= 15 is 0 Å². The predicted octanol–water partition coefficient (Wildman–Crippen LogP) is 6.31. The lowest BCUT2D eigenvalue weighted by Crippen LogP contribution is -2.20. The Kier molecular flexibility index (Phi) is 11.0. The van der Waals surface area contributed by atoms with E-state index in [1.807, 2.05) is 24.3 Å². The zero-order valence-electron chi connectivity index (χ0n) is 23.3. The predicted molar refractivity (Wildman–Crippen MR) is 162 cm³/mol. The second kappa shape index (κ2) is 14.9. The molecule has 0 bridgehead atoms. The molecule has 0 spiro atoms. The van der Waals surface area contributed by atoms with Gasteiger partial charge in [-0.2, -0.15) is 13.2 Å². The third-order valence-electron chi connectivity index (χ3n) is 6.58. The van der Waals surface area contributed by atoms with Crippen LogP contribution in [0.3, 0.4) is 0 Å². The number of ether oxygens (including phenoxy) is 2. The number of rotatable bonds is 14. The van der Waals surface area contributed by atoms with Gasteiger partial charge < -0.3 is 25.9 Å². The number of hydrogen-bond donors (Lipinski definition) is 4. The third-order valence-corrected chi connectivity index (χ3v) is 6.81. The van der Waals surface area contributed by atoms with Crippen molar-refractivity contribution in [1.29, 1.82) is 0 Å². The number of nitrogens with one attached hydrogen (secondary N) is 2. The smallest absolute Gasteiger partial charge is 0.416 e. The molecule has 3 aromatic carbocycles. The summed E-state index contributed by atoms with van der Waals surface area (Å²) in [6.45, 7) is 2.34. The van der Waals surface area contributed by atoms with Crippen LogP contribution in [0.25, 0.3) is 16.7 Å². The molecular weight excluding hydrogens is 583 g/mol. The van der Waals surface area contributed by atoms with Gasteiger partial charge in [-0.3, -0.25) is 10.1 Å². The van der Waals surface area contributed by atoms with Gasteiger partial charge in [-0.05, 0) is 79.4 Å². The summed E-state index contributed by atoms with van der Waals surface area (Å²) in [6, 6.07) is 16.9. The monoisotopic (exact) mass is 615 g/mol. The number of carbonyl (C=O) groups is 1. The van der Waals surface area contributed by atoms with Gasteiger partial charge in [0, 0.05) is 35.9 Å². The highest BCUT2D eigenvalue weighted by molar-refractivity contribution is 6.31. The van der Waals surface area contributed by atoms with Crippen LogP contribution in [-0.2, 0) is 22.1 Å². The third kappa shape index (κ3) is 9.21. The number of fused-ring (bicyclic) bond motifs is 1. The summed E-state index contributed by atoms with van der Waals surface area (Å²) in [7, 11) is 0. The number of halogens is 4. The van der Waals surface area contributed by atoms with Crippen molar-refractivity contribution in [1.82, 2.24) is 9.97 Å². The molecule has 0 saturated carbocycles. The van der Waals surface area contributed by atoms with Gasteiger partial charge in [-0.25, -0.2) is 4.98 Å². The highest BCUT2D eigenvalue weighted by Crippen LogP contribution is 2.30. The molecule has 4 rings (SSSR count). The van der Waals surface area contributed by atoms with Crippen molar-refractivity contribution in [3.05, 3.63) is 94.0 Å². The second-order valence-electron chi connectivity index (χ2n) is 9.77. The SMILES string of the molecule is NCCCOCCCOc1ccc(CC/C(C(=O)Nc2nc3ccc(Cl)cc3[nH]2)=C(/N)c2ccc(C(F)(F)F)cc2)cc1. The Morgan fingerprint density at radius 3 is 2.40 bits per heavy atom. The van der Waals surface area contributed by atoms with E-state index in [2.05, 4.69) is 15.3 Å². The van der Waals surface area contributed by atoms with Crippen LogP contribution in [-0.4, -0.2) is 42.2 Å². The first kappa shape index (κ1) is 31.9. The van der Waals surface area contributed by atoms with Crippen molar-refractivity contribution in [3.8, 4) is 5.75 Å². The molecule has 1 aromatic heterocycles. The molecular formula is C31H33ClF3N5O3. The molecule has 0 aliphatic rings. The van der Waals surface area contributed by atoms with E-state index in [0.29, 0.717) is 60.2 Å². The molecule has 0 saturated heterocycles. The highest BCUT2D eigenvalue weighted by Gasteiger charge is 2.30. The number of aromatic nitrogens is 2. The Hall–Kier alpha value is -4.06. The topological polar surface area (TPSA) is 128 Å². The number of imidazole rings is 1. The average molecular weight is 616 g/mol. The molecule has 8 nitrogen and oxygen atoms in total. The molecule has 1 heterocycles. The summed E-state index contributed by atoms with van der Waals surface area (Å²) in [4.78, 5) is 20.8. The van der Waals surface area contributed by atoms with Crippen molar-refractivity contribution >= 4 is 40.2 Å². The molecule has 0 fully saturated rings. The maximum atomic E-state index is 13.5. The Bertz CT molecular complexity index is 1540. The lowest BCUT2D eigenvalue weighted by Gasteiger charge is -2.14. The number of alkyl halides is 3. The number of hydrogen-bond acceptors (Lipinski definition) is 6. The lowest BCUT2D eigenvalue weighted by molar-refractivity contribution is -0.137. The van der Waals surface area contributed by atoms with Crippen LogP contribution in [0.4, 0.5) is 19.1 Å². The number of anilines is 1. The van der Waals surface area contributed by atoms with Crippen LogP contribution < -0.4 is 21.5 Å². The van der Waals surface area contributed by atoms with E-state index in [4.69, 9.17) is 32.5 Å². The van der Waals surface area contributed by atoms with Crippen molar-refractivity contribution in [2.75, 3.05) is 31.7 Å². The Labute approximate surface area is 252 Å². The van der Waals surface area contributed by atoms with Gasteiger partial charge in [0.05, 0.1) is 23.2 Å². The van der Waals surface area contributed by atoms with Gasteiger partial charge >= 0.3 is 6.18 Å². The molecule has 43 heavy (non-hydrogen) atoms. The van der Waals surface area contributed by atoms with Crippen molar-refractivity contribution in [3.63, 3.8) is 0 Å². The van der Waals surface area contributed by atoms with Gasteiger partial charge in [-0.1, -0.05) is 35.9 Å². The summed E-state index contributed by atoms with van der Waals surface area (Å²) < 4.78 is 50.5. The Balaban J connectivity index is 1.46. The van der Waals surface area contributed by atoms with Crippen molar-refractivity contribution < 1.29 is 27.4 Å². The van der Waals surface area contributed by atoms with Crippen LogP contribution in [0.5, 0.6) is 5.75 Å². The van der Waals surface area contributed by atoms with Crippen LogP contribution in [0.2, 0.25) is 5.02 Å². The largest absolute Gasteiger partial charge is 0.494 e. The fraction of sp³-hybridized carbons (Fsp3) is 0.290. The van der Waals surface area contributed by atoms with Gasteiger partial charge in [-0.15, -0.1) is 0 Å². The van der Waals surface area contributed by atoms with Crippen molar-refractivity contribution in [2.45, 2.75) is 31.9 Å². The fourth-order valence-electron chi connectivity index (χ4n) is 4.27. The van der Waals surface area contributed by atoms with Crippen LogP contribution in [0.15, 0.2) is 72.3 Å². The maximum Gasteiger partial charge on any atom is 0.416 e. The van der Waals surface area contributed by atoms with Gasteiger partial charge in [0.15, 0.2) is 0 Å². The number of benzene rings is 3. The minimum absolute atomic E-state index is 0.0685. The molecule has 0 aliphatic carbocycles.